The zero-order chi connectivity index (χ0) is 8.78. The fraction of sp³-hybridized carbons (Fsp3) is 1.00. The lowest BCUT2D eigenvalue weighted by atomic mass is 10.4. The van der Waals surface area contributed by atoms with Crippen molar-refractivity contribution in [1.29, 1.82) is 0 Å². The molecule has 64 valence electrons. The molecule has 0 spiro atoms. The molecule has 4 nitrogen and oxygen atoms in total. The standard InChI is InChI=1S/2C3H8O2/c1-3(2,4)5;1-3(5)2-4/h4-5H,1-2H3;3-5H,2H2,1H3. The molecule has 0 saturated carbocycles. The maximum Gasteiger partial charge on any atom is 0.156 e. The van der Waals surface area contributed by atoms with Crippen molar-refractivity contribution in [3.63, 3.8) is 0 Å². The maximum absolute atomic E-state index is 8.11. The first-order chi connectivity index (χ1) is 4.27. The van der Waals surface area contributed by atoms with Gasteiger partial charge in [0.1, 0.15) is 0 Å². The summed E-state index contributed by atoms with van der Waals surface area (Å²) in [6.45, 7) is 3.99. The van der Waals surface area contributed by atoms with E-state index in [1.165, 1.54) is 20.8 Å². The van der Waals surface area contributed by atoms with E-state index in [4.69, 9.17) is 20.4 Å². The Morgan fingerprint density at radius 3 is 1.40 bits per heavy atom. The van der Waals surface area contributed by atoms with Crippen molar-refractivity contribution >= 4 is 0 Å². The molecule has 4 heteroatoms. The predicted molar refractivity (Wildman–Crippen MR) is 37.3 cm³/mol. The molecule has 0 aromatic rings. The van der Waals surface area contributed by atoms with Crippen LogP contribution in [-0.2, 0) is 0 Å². The molecular weight excluding hydrogens is 136 g/mol. The second kappa shape index (κ2) is 5.61. The normalized spacial score (nSPS) is 13.5. The molecule has 0 amide bonds. The number of rotatable bonds is 1. The van der Waals surface area contributed by atoms with Crippen LogP contribution in [0.15, 0.2) is 0 Å². The van der Waals surface area contributed by atoms with Crippen molar-refractivity contribution < 1.29 is 20.4 Å². The van der Waals surface area contributed by atoms with Gasteiger partial charge in [-0.05, 0) is 20.8 Å². The van der Waals surface area contributed by atoms with Crippen LogP contribution in [0.4, 0.5) is 0 Å². The molecular formula is C6H16O4. The van der Waals surface area contributed by atoms with Gasteiger partial charge in [0, 0.05) is 0 Å². The van der Waals surface area contributed by atoms with Gasteiger partial charge in [0.25, 0.3) is 0 Å². The number of aliphatic hydroxyl groups excluding tert-OH is 2. The molecule has 0 saturated heterocycles. The third kappa shape index (κ3) is 108. The summed E-state index contributed by atoms with van der Waals surface area (Å²) in [6, 6.07) is 0. The van der Waals surface area contributed by atoms with E-state index in [-0.39, 0.29) is 6.61 Å². The Labute approximate surface area is 60.7 Å². The van der Waals surface area contributed by atoms with Crippen LogP contribution < -0.4 is 0 Å². The van der Waals surface area contributed by atoms with Gasteiger partial charge in [0.2, 0.25) is 0 Å². The summed E-state index contributed by atoms with van der Waals surface area (Å²) in [5, 5.41) is 32.2. The van der Waals surface area contributed by atoms with Crippen LogP contribution in [0, 0.1) is 0 Å². The molecule has 1 atom stereocenters. The summed E-state index contributed by atoms with van der Waals surface area (Å²) in [4.78, 5) is 0. The number of hydrogen-bond acceptors (Lipinski definition) is 4. The van der Waals surface area contributed by atoms with Crippen molar-refractivity contribution in [1.82, 2.24) is 0 Å². The quantitative estimate of drug-likeness (QED) is 0.366. The third-order valence-electron chi connectivity index (χ3n) is 0.264. The minimum absolute atomic E-state index is 0.139. The van der Waals surface area contributed by atoms with E-state index < -0.39 is 11.9 Å². The van der Waals surface area contributed by atoms with Crippen LogP contribution in [-0.4, -0.2) is 38.9 Å². The van der Waals surface area contributed by atoms with Gasteiger partial charge in [0.05, 0.1) is 12.7 Å². The van der Waals surface area contributed by atoms with Crippen molar-refractivity contribution in [2.75, 3.05) is 6.61 Å². The van der Waals surface area contributed by atoms with Gasteiger partial charge < -0.3 is 20.4 Å². The van der Waals surface area contributed by atoms with Crippen LogP contribution in [0.2, 0.25) is 0 Å². The first kappa shape index (κ1) is 12.5. The summed E-state index contributed by atoms with van der Waals surface area (Å²) in [5.41, 5.74) is 0. The molecule has 0 heterocycles. The highest BCUT2D eigenvalue weighted by atomic mass is 16.5. The van der Waals surface area contributed by atoms with Gasteiger partial charge in [-0.15, -0.1) is 0 Å². The maximum atomic E-state index is 8.11. The lowest BCUT2D eigenvalue weighted by Crippen LogP contribution is -2.15. The summed E-state index contributed by atoms with van der Waals surface area (Å²) in [7, 11) is 0. The smallest absolute Gasteiger partial charge is 0.156 e. The number of hydrogen-bond donors (Lipinski definition) is 4. The van der Waals surface area contributed by atoms with Gasteiger partial charge in [-0.25, -0.2) is 0 Å². The summed E-state index contributed by atoms with van der Waals surface area (Å²) < 4.78 is 0. The molecule has 0 aliphatic carbocycles. The lowest BCUT2D eigenvalue weighted by molar-refractivity contribution is -0.127. The highest BCUT2D eigenvalue weighted by Gasteiger charge is 2.00. The van der Waals surface area contributed by atoms with Crippen molar-refractivity contribution in [2.45, 2.75) is 32.7 Å². The highest BCUT2D eigenvalue weighted by Crippen LogP contribution is 1.88. The lowest BCUT2D eigenvalue weighted by Gasteiger charge is -2.03. The molecule has 0 bridgehead atoms. The Hall–Kier alpha value is -0.160. The molecule has 0 aromatic carbocycles. The molecule has 0 fully saturated rings. The van der Waals surface area contributed by atoms with Crippen molar-refractivity contribution in [3.05, 3.63) is 0 Å². The van der Waals surface area contributed by atoms with Crippen LogP contribution in [0.3, 0.4) is 0 Å². The Morgan fingerprint density at radius 2 is 1.40 bits per heavy atom. The van der Waals surface area contributed by atoms with Gasteiger partial charge in [-0.2, -0.15) is 0 Å². The second-order valence-electron chi connectivity index (χ2n) is 2.53. The molecule has 0 aliphatic heterocycles. The van der Waals surface area contributed by atoms with Crippen LogP contribution >= 0.6 is 0 Å². The Balaban J connectivity index is 0. The predicted octanol–water partition coefficient (Wildman–Crippen LogP) is -0.933. The van der Waals surface area contributed by atoms with Crippen LogP contribution in [0.25, 0.3) is 0 Å². The van der Waals surface area contributed by atoms with E-state index in [9.17, 15) is 0 Å². The third-order valence-corrected chi connectivity index (χ3v) is 0.264. The van der Waals surface area contributed by atoms with Crippen LogP contribution in [0.1, 0.15) is 20.8 Å². The first-order valence-corrected chi connectivity index (χ1v) is 3.01. The summed E-state index contributed by atoms with van der Waals surface area (Å²) in [5.74, 6) is -1.50. The van der Waals surface area contributed by atoms with Gasteiger partial charge in [-0.3, -0.25) is 0 Å². The van der Waals surface area contributed by atoms with Crippen molar-refractivity contribution in [2.24, 2.45) is 0 Å². The monoisotopic (exact) mass is 152 g/mol. The van der Waals surface area contributed by atoms with E-state index in [2.05, 4.69) is 0 Å². The molecule has 4 N–H and O–H groups in total. The molecule has 0 aromatic heterocycles. The fourth-order valence-corrected chi connectivity index (χ4v) is 0. The number of aliphatic hydroxyl groups is 4. The van der Waals surface area contributed by atoms with E-state index in [0.29, 0.717) is 0 Å². The average molecular weight is 152 g/mol. The minimum atomic E-state index is -1.50. The topological polar surface area (TPSA) is 80.9 Å². The second-order valence-corrected chi connectivity index (χ2v) is 2.53. The van der Waals surface area contributed by atoms with Gasteiger partial charge in [-0.1, -0.05) is 0 Å². The Kier molecular flexibility index (Phi) is 7.02. The largest absolute Gasteiger partial charge is 0.394 e. The fourth-order valence-electron chi connectivity index (χ4n) is 0. The molecule has 1 unspecified atom stereocenters. The zero-order valence-electron chi connectivity index (χ0n) is 6.57. The van der Waals surface area contributed by atoms with E-state index in [1.807, 2.05) is 0 Å². The van der Waals surface area contributed by atoms with Crippen molar-refractivity contribution in [3.8, 4) is 0 Å². The van der Waals surface area contributed by atoms with Crippen LogP contribution in [0.5, 0.6) is 0 Å². The molecule has 0 aliphatic rings. The van der Waals surface area contributed by atoms with E-state index in [0.717, 1.165) is 0 Å². The summed E-state index contributed by atoms with van der Waals surface area (Å²) in [6.07, 6.45) is -0.560. The zero-order valence-corrected chi connectivity index (χ0v) is 6.57. The summed E-state index contributed by atoms with van der Waals surface area (Å²) >= 11 is 0. The molecule has 0 rings (SSSR count). The molecule has 10 heavy (non-hydrogen) atoms. The SMILES string of the molecule is CC(C)(O)O.CC(O)CO. The Morgan fingerprint density at radius 1 is 1.30 bits per heavy atom. The Bertz CT molecular complexity index is 58.6. The first-order valence-electron chi connectivity index (χ1n) is 3.01. The van der Waals surface area contributed by atoms with E-state index in [1.54, 1.807) is 0 Å². The minimum Gasteiger partial charge on any atom is -0.394 e. The molecule has 0 radical (unpaired) electrons. The van der Waals surface area contributed by atoms with E-state index >= 15 is 0 Å². The average Bonchev–Trinajstić information content (AvgIpc) is 1.61. The van der Waals surface area contributed by atoms with Gasteiger partial charge >= 0.3 is 0 Å². The van der Waals surface area contributed by atoms with Gasteiger partial charge in [0.15, 0.2) is 5.79 Å². The highest BCUT2D eigenvalue weighted by molar-refractivity contribution is 4.37.